The smallest absolute Gasteiger partial charge is 0.235 e. The fourth-order valence-corrected chi connectivity index (χ4v) is 6.03. The lowest BCUT2D eigenvalue weighted by Gasteiger charge is -2.36. The summed E-state index contributed by atoms with van der Waals surface area (Å²) in [6.45, 7) is 0.918. The Morgan fingerprint density at radius 1 is 1.06 bits per heavy atom. The highest BCUT2D eigenvalue weighted by atomic mass is 35.5. The largest absolute Gasteiger partial charge is 0.376 e. The van der Waals surface area contributed by atoms with Gasteiger partial charge in [-0.05, 0) is 36.6 Å². The van der Waals surface area contributed by atoms with Crippen molar-refractivity contribution in [3.63, 3.8) is 0 Å². The molecule has 168 valence electrons. The highest BCUT2D eigenvalue weighted by Crippen LogP contribution is 2.49. The van der Waals surface area contributed by atoms with Crippen LogP contribution in [0.3, 0.4) is 0 Å². The normalized spacial score (nSPS) is 29.9. The highest BCUT2D eigenvalue weighted by molar-refractivity contribution is 6.30. The van der Waals surface area contributed by atoms with Crippen molar-refractivity contribution in [2.75, 3.05) is 18.1 Å². The Balaban J connectivity index is 1.44. The van der Waals surface area contributed by atoms with Gasteiger partial charge in [0.25, 0.3) is 0 Å². The number of rotatable bonds is 4. The molecule has 2 aromatic rings. The first-order valence-electron chi connectivity index (χ1n) is 11.4. The van der Waals surface area contributed by atoms with Crippen LogP contribution in [-0.2, 0) is 14.3 Å². The summed E-state index contributed by atoms with van der Waals surface area (Å²) < 4.78 is 5.69. The summed E-state index contributed by atoms with van der Waals surface area (Å²) in [7, 11) is 0. The molecule has 6 nitrogen and oxygen atoms in total. The third-order valence-corrected chi connectivity index (χ3v) is 7.53. The molecule has 3 fully saturated rings. The van der Waals surface area contributed by atoms with Crippen LogP contribution in [0.2, 0.25) is 5.02 Å². The van der Waals surface area contributed by atoms with Gasteiger partial charge in [-0.15, -0.1) is 0 Å². The number of fused-ring (bicyclic) bond motifs is 5. The van der Waals surface area contributed by atoms with Crippen molar-refractivity contribution < 1.29 is 19.1 Å². The molecule has 4 aliphatic rings. The van der Waals surface area contributed by atoms with Crippen LogP contribution >= 0.6 is 11.6 Å². The lowest BCUT2D eigenvalue weighted by Crippen LogP contribution is -2.49. The molecule has 0 aromatic heterocycles. The van der Waals surface area contributed by atoms with E-state index < -0.39 is 17.9 Å². The minimum Gasteiger partial charge on any atom is -0.376 e. The fourth-order valence-electron chi connectivity index (χ4n) is 5.85. The third-order valence-electron chi connectivity index (χ3n) is 7.30. The standard InChI is InChI=1S/C26H23ClN2O4/c27-17-9-11-19-16(13-17)8-10-20-21-22(23(29(19)20)24(30)15-5-2-1-3-6-15)26(32)28(25(21)31)14-18-7-4-12-33-18/h1-3,5-6,8-11,13,18,20-23H,4,7,12,14H2/t18-,20+,21+,22+,23+/m0/s1. The molecule has 0 radical (unpaired) electrons. The van der Waals surface area contributed by atoms with Gasteiger partial charge in [0.15, 0.2) is 5.78 Å². The van der Waals surface area contributed by atoms with Gasteiger partial charge in [-0.2, -0.15) is 0 Å². The van der Waals surface area contributed by atoms with Crippen molar-refractivity contribution in [3.8, 4) is 0 Å². The molecule has 33 heavy (non-hydrogen) atoms. The molecule has 0 unspecified atom stereocenters. The first kappa shape index (κ1) is 20.6. The number of anilines is 1. The van der Waals surface area contributed by atoms with Crippen LogP contribution in [0.25, 0.3) is 6.08 Å². The Morgan fingerprint density at radius 2 is 1.85 bits per heavy atom. The zero-order valence-corrected chi connectivity index (χ0v) is 18.6. The van der Waals surface area contributed by atoms with E-state index in [9.17, 15) is 14.4 Å². The quantitative estimate of drug-likeness (QED) is 0.513. The van der Waals surface area contributed by atoms with Gasteiger partial charge in [0.05, 0.1) is 30.5 Å². The first-order valence-corrected chi connectivity index (χ1v) is 11.7. The molecule has 2 aromatic carbocycles. The highest BCUT2D eigenvalue weighted by Gasteiger charge is 2.64. The summed E-state index contributed by atoms with van der Waals surface area (Å²) in [5, 5.41) is 0.595. The van der Waals surface area contributed by atoms with Gasteiger partial charge in [0, 0.05) is 22.9 Å². The van der Waals surface area contributed by atoms with E-state index >= 15 is 0 Å². The number of benzene rings is 2. The van der Waals surface area contributed by atoms with E-state index in [4.69, 9.17) is 16.3 Å². The summed E-state index contributed by atoms with van der Waals surface area (Å²) in [5.74, 6) is -1.96. The molecular weight excluding hydrogens is 440 g/mol. The van der Waals surface area contributed by atoms with Gasteiger partial charge >= 0.3 is 0 Å². The summed E-state index contributed by atoms with van der Waals surface area (Å²) in [6.07, 6.45) is 5.52. The summed E-state index contributed by atoms with van der Waals surface area (Å²) in [5.41, 5.74) is 2.23. The Kier molecular flexibility index (Phi) is 4.89. The van der Waals surface area contributed by atoms with E-state index in [0.29, 0.717) is 17.2 Å². The molecule has 0 bridgehead atoms. The van der Waals surface area contributed by atoms with Crippen molar-refractivity contribution in [1.82, 2.24) is 4.90 Å². The molecular formula is C26H23ClN2O4. The number of amides is 2. The fraction of sp³-hybridized carbons (Fsp3) is 0.346. The van der Waals surface area contributed by atoms with Crippen LogP contribution in [0.5, 0.6) is 0 Å². The number of imide groups is 1. The van der Waals surface area contributed by atoms with Crippen LogP contribution < -0.4 is 4.90 Å². The van der Waals surface area contributed by atoms with Crippen LogP contribution in [0.15, 0.2) is 54.6 Å². The first-order chi connectivity index (χ1) is 16.0. The monoisotopic (exact) mass is 462 g/mol. The van der Waals surface area contributed by atoms with Crippen molar-refractivity contribution in [1.29, 1.82) is 0 Å². The Morgan fingerprint density at radius 3 is 2.61 bits per heavy atom. The lowest BCUT2D eigenvalue weighted by atomic mass is 9.86. The molecule has 5 atom stereocenters. The molecule has 0 spiro atoms. The maximum absolute atomic E-state index is 13.8. The van der Waals surface area contributed by atoms with Gasteiger partial charge in [-0.25, -0.2) is 0 Å². The number of likely N-dealkylation sites (tertiary alicyclic amines) is 1. The number of ketones is 1. The number of hydrogen-bond donors (Lipinski definition) is 0. The Bertz CT molecular complexity index is 1170. The number of carbonyl (C=O) groups is 3. The van der Waals surface area contributed by atoms with E-state index in [1.807, 2.05) is 47.4 Å². The number of nitrogens with zero attached hydrogens (tertiary/aromatic N) is 2. The summed E-state index contributed by atoms with van der Waals surface area (Å²) in [4.78, 5) is 44.4. The van der Waals surface area contributed by atoms with Crippen LogP contribution in [-0.4, -0.2) is 53.8 Å². The SMILES string of the molecule is O=C(c1ccccc1)[C@H]1[C@@H]2C(=O)N(C[C@@H]3CCCO3)C(=O)[C@@H]2[C@H]2C=Cc3cc(Cl)ccc3N21. The van der Waals surface area contributed by atoms with Gasteiger partial charge < -0.3 is 9.64 Å². The van der Waals surface area contributed by atoms with Crippen LogP contribution in [0.1, 0.15) is 28.8 Å². The predicted octanol–water partition coefficient (Wildman–Crippen LogP) is 3.59. The molecule has 2 amide bonds. The average molecular weight is 463 g/mol. The molecule has 4 aliphatic heterocycles. The van der Waals surface area contributed by atoms with Crippen LogP contribution in [0, 0.1) is 11.8 Å². The lowest BCUT2D eigenvalue weighted by molar-refractivity contribution is -0.142. The molecule has 6 rings (SSSR count). The number of carbonyl (C=O) groups excluding carboxylic acids is 3. The molecule has 0 aliphatic carbocycles. The topological polar surface area (TPSA) is 66.9 Å². The Hall–Kier alpha value is -2.96. The number of hydrogen-bond acceptors (Lipinski definition) is 5. The van der Waals surface area contributed by atoms with E-state index in [1.165, 1.54) is 4.90 Å². The average Bonchev–Trinajstić information content (AvgIpc) is 3.52. The maximum Gasteiger partial charge on any atom is 0.235 e. The van der Waals surface area contributed by atoms with Crippen LogP contribution in [0.4, 0.5) is 5.69 Å². The van der Waals surface area contributed by atoms with E-state index in [-0.39, 0.29) is 36.3 Å². The van der Waals surface area contributed by atoms with E-state index in [0.717, 1.165) is 24.1 Å². The zero-order chi connectivity index (χ0) is 22.7. The van der Waals surface area contributed by atoms with Crippen molar-refractivity contribution in [2.24, 2.45) is 11.8 Å². The molecule has 0 saturated carbocycles. The molecule has 0 N–H and O–H groups in total. The second kappa shape index (κ2) is 7.82. The van der Waals surface area contributed by atoms with E-state index in [2.05, 4.69) is 0 Å². The second-order valence-electron chi connectivity index (χ2n) is 9.11. The van der Waals surface area contributed by atoms with Gasteiger partial charge in [0.2, 0.25) is 11.8 Å². The van der Waals surface area contributed by atoms with E-state index in [1.54, 1.807) is 18.2 Å². The summed E-state index contributed by atoms with van der Waals surface area (Å²) in [6, 6.07) is 13.4. The number of ether oxygens (including phenoxy) is 1. The number of halogens is 1. The molecule has 4 heterocycles. The van der Waals surface area contributed by atoms with Gasteiger partial charge in [0.1, 0.15) is 6.04 Å². The second-order valence-corrected chi connectivity index (χ2v) is 9.55. The maximum atomic E-state index is 13.8. The Labute approximate surface area is 196 Å². The zero-order valence-electron chi connectivity index (χ0n) is 17.9. The van der Waals surface area contributed by atoms with Crippen molar-refractivity contribution in [2.45, 2.75) is 31.0 Å². The minimum absolute atomic E-state index is 0.124. The summed E-state index contributed by atoms with van der Waals surface area (Å²) >= 11 is 6.21. The molecule has 7 heteroatoms. The number of Topliss-reactive ketones (excluding diaryl/α,β-unsaturated/α-hetero) is 1. The van der Waals surface area contributed by atoms with Crippen molar-refractivity contribution >= 4 is 41.0 Å². The molecule has 3 saturated heterocycles. The van der Waals surface area contributed by atoms with Gasteiger partial charge in [-0.1, -0.05) is 54.1 Å². The predicted molar refractivity (Wildman–Crippen MR) is 124 cm³/mol. The van der Waals surface area contributed by atoms with Crippen molar-refractivity contribution in [3.05, 3.63) is 70.8 Å². The minimum atomic E-state index is -0.766. The van der Waals surface area contributed by atoms with Gasteiger partial charge in [-0.3, -0.25) is 19.3 Å². The third kappa shape index (κ3) is 3.15.